The molecule has 1 aliphatic heterocycles. The molecule has 96 valence electrons. The van der Waals surface area contributed by atoms with E-state index in [1.54, 1.807) is 11.8 Å². The molecule has 19 heavy (non-hydrogen) atoms. The molecule has 0 atom stereocenters. The highest BCUT2D eigenvalue weighted by Crippen LogP contribution is 2.30. The van der Waals surface area contributed by atoms with Gasteiger partial charge >= 0.3 is 0 Å². The van der Waals surface area contributed by atoms with Crippen LogP contribution in [-0.2, 0) is 5.75 Å². The summed E-state index contributed by atoms with van der Waals surface area (Å²) >= 11 is 1.76. The third kappa shape index (κ3) is 2.49. The quantitative estimate of drug-likeness (QED) is 0.866. The Bertz CT molecular complexity index is 689. The van der Waals surface area contributed by atoms with Crippen LogP contribution < -0.4 is 5.56 Å². The summed E-state index contributed by atoms with van der Waals surface area (Å²) < 4.78 is 0. The van der Waals surface area contributed by atoms with E-state index in [1.807, 2.05) is 25.1 Å². The fraction of sp³-hybridized carbons (Fsp3) is 0.200. The van der Waals surface area contributed by atoms with Crippen LogP contribution in [0, 0.1) is 6.92 Å². The number of aromatic amines is 1. The molecule has 0 amide bonds. The van der Waals surface area contributed by atoms with E-state index in [-0.39, 0.29) is 5.56 Å². The van der Waals surface area contributed by atoms with Crippen LogP contribution in [0.15, 0.2) is 35.1 Å². The summed E-state index contributed by atoms with van der Waals surface area (Å²) in [5.41, 5.74) is 3.93. The molecule has 2 heterocycles. The molecule has 2 aromatic rings. The molecule has 1 N–H and O–H groups in total. The van der Waals surface area contributed by atoms with Crippen molar-refractivity contribution in [2.45, 2.75) is 12.7 Å². The van der Waals surface area contributed by atoms with Gasteiger partial charge in [-0.2, -0.15) is 11.8 Å². The number of rotatable bonds is 1. The molecule has 0 saturated carbocycles. The predicted molar refractivity (Wildman–Crippen MR) is 80.1 cm³/mol. The van der Waals surface area contributed by atoms with Gasteiger partial charge in [0.05, 0.1) is 11.3 Å². The van der Waals surface area contributed by atoms with E-state index in [1.165, 1.54) is 0 Å². The van der Waals surface area contributed by atoms with Crippen LogP contribution in [0.25, 0.3) is 11.6 Å². The van der Waals surface area contributed by atoms with Gasteiger partial charge in [-0.3, -0.25) is 4.79 Å². The SMILES string of the molecule is Cc1nc2c(c(=O)[nH]1)CSC/C2=C/c1ccccc1. The molecule has 0 spiro atoms. The van der Waals surface area contributed by atoms with Crippen LogP contribution in [0.3, 0.4) is 0 Å². The Morgan fingerprint density at radius 3 is 2.84 bits per heavy atom. The number of nitrogens with zero attached hydrogens (tertiary/aromatic N) is 1. The molecule has 1 aliphatic rings. The number of H-pyrrole nitrogens is 1. The van der Waals surface area contributed by atoms with Crippen molar-refractivity contribution in [3.05, 3.63) is 63.3 Å². The molecule has 1 aromatic heterocycles. The number of nitrogens with one attached hydrogen (secondary N) is 1. The highest BCUT2D eigenvalue weighted by Gasteiger charge is 2.19. The molecule has 0 fully saturated rings. The van der Waals surface area contributed by atoms with E-state index in [0.29, 0.717) is 5.82 Å². The van der Waals surface area contributed by atoms with Crippen molar-refractivity contribution in [1.29, 1.82) is 0 Å². The Balaban J connectivity index is 2.13. The summed E-state index contributed by atoms with van der Waals surface area (Å²) in [7, 11) is 0. The summed E-state index contributed by atoms with van der Waals surface area (Å²) in [5, 5.41) is 0. The number of benzene rings is 1. The van der Waals surface area contributed by atoms with E-state index >= 15 is 0 Å². The second-order valence-electron chi connectivity index (χ2n) is 4.55. The van der Waals surface area contributed by atoms with Crippen molar-refractivity contribution >= 4 is 23.4 Å². The van der Waals surface area contributed by atoms with Crippen molar-refractivity contribution < 1.29 is 0 Å². The van der Waals surface area contributed by atoms with Crippen LogP contribution >= 0.6 is 11.8 Å². The standard InChI is InChI=1S/C15H14N2OS/c1-10-16-14-12(7-11-5-3-2-4-6-11)8-19-9-13(14)15(18)17-10/h2-7H,8-9H2,1H3,(H,16,17,18)/b12-7-. The van der Waals surface area contributed by atoms with Gasteiger partial charge in [-0.05, 0) is 24.1 Å². The fourth-order valence-corrected chi connectivity index (χ4v) is 3.22. The number of hydrogen-bond acceptors (Lipinski definition) is 3. The summed E-state index contributed by atoms with van der Waals surface area (Å²) in [4.78, 5) is 19.2. The zero-order valence-electron chi connectivity index (χ0n) is 10.6. The van der Waals surface area contributed by atoms with Crippen LogP contribution in [0.2, 0.25) is 0 Å². The van der Waals surface area contributed by atoms with Gasteiger partial charge in [0.25, 0.3) is 5.56 Å². The number of aromatic nitrogens is 2. The minimum atomic E-state index is -0.00587. The lowest BCUT2D eigenvalue weighted by Crippen LogP contribution is -2.21. The van der Waals surface area contributed by atoms with Crippen molar-refractivity contribution in [1.82, 2.24) is 9.97 Å². The van der Waals surface area contributed by atoms with Gasteiger partial charge < -0.3 is 4.98 Å². The van der Waals surface area contributed by atoms with E-state index in [9.17, 15) is 4.79 Å². The number of hydrogen-bond donors (Lipinski definition) is 1. The van der Waals surface area contributed by atoms with Gasteiger partial charge in [0.2, 0.25) is 0 Å². The van der Waals surface area contributed by atoms with E-state index in [4.69, 9.17) is 0 Å². The molecule has 0 radical (unpaired) electrons. The number of aryl methyl sites for hydroxylation is 1. The molecule has 0 aliphatic carbocycles. The summed E-state index contributed by atoms with van der Waals surface area (Å²) in [6.45, 7) is 1.82. The van der Waals surface area contributed by atoms with Gasteiger partial charge in [-0.1, -0.05) is 30.3 Å². The summed E-state index contributed by atoms with van der Waals surface area (Å²) in [6, 6.07) is 10.1. The van der Waals surface area contributed by atoms with Gasteiger partial charge in [-0.25, -0.2) is 4.98 Å². The van der Waals surface area contributed by atoms with Gasteiger partial charge in [0, 0.05) is 11.5 Å². The van der Waals surface area contributed by atoms with Crippen molar-refractivity contribution in [3.8, 4) is 0 Å². The minimum Gasteiger partial charge on any atom is -0.310 e. The van der Waals surface area contributed by atoms with Gasteiger partial charge in [0.15, 0.2) is 0 Å². The first-order valence-corrected chi connectivity index (χ1v) is 7.33. The molecular weight excluding hydrogens is 256 g/mol. The molecule has 3 nitrogen and oxygen atoms in total. The first-order chi connectivity index (χ1) is 9.24. The monoisotopic (exact) mass is 270 g/mol. The first kappa shape index (κ1) is 12.2. The third-order valence-electron chi connectivity index (χ3n) is 3.08. The maximum absolute atomic E-state index is 11.9. The minimum absolute atomic E-state index is 0.00587. The normalized spacial score (nSPS) is 16.4. The molecule has 1 aromatic carbocycles. The molecule has 0 bridgehead atoms. The molecule has 0 saturated heterocycles. The Morgan fingerprint density at radius 2 is 2.05 bits per heavy atom. The van der Waals surface area contributed by atoms with Gasteiger partial charge in [0.1, 0.15) is 5.82 Å². The lowest BCUT2D eigenvalue weighted by molar-refractivity contribution is 0.968. The van der Waals surface area contributed by atoms with Crippen LogP contribution in [0.5, 0.6) is 0 Å². The lowest BCUT2D eigenvalue weighted by atomic mass is 10.1. The zero-order valence-corrected chi connectivity index (χ0v) is 11.5. The Hall–Kier alpha value is -1.81. The van der Waals surface area contributed by atoms with E-state index < -0.39 is 0 Å². The molecular formula is C15H14N2OS. The first-order valence-electron chi connectivity index (χ1n) is 6.17. The number of fused-ring (bicyclic) bond motifs is 1. The smallest absolute Gasteiger partial charge is 0.255 e. The van der Waals surface area contributed by atoms with E-state index in [0.717, 1.165) is 33.9 Å². The second-order valence-corrected chi connectivity index (χ2v) is 5.54. The van der Waals surface area contributed by atoms with Crippen LogP contribution in [-0.4, -0.2) is 15.7 Å². The topological polar surface area (TPSA) is 45.8 Å². The summed E-state index contributed by atoms with van der Waals surface area (Å²) in [5.74, 6) is 2.32. The van der Waals surface area contributed by atoms with Crippen LogP contribution in [0.1, 0.15) is 22.6 Å². The number of thioether (sulfide) groups is 1. The predicted octanol–water partition coefficient (Wildman–Crippen LogP) is 2.87. The molecule has 0 unspecified atom stereocenters. The second kappa shape index (κ2) is 5.05. The average Bonchev–Trinajstić information content (AvgIpc) is 2.41. The third-order valence-corrected chi connectivity index (χ3v) is 4.09. The Labute approximate surface area is 115 Å². The fourth-order valence-electron chi connectivity index (χ4n) is 2.20. The van der Waals surface area contributed by atoms with Gasteiger partial charge in [-0.15, -0.1) is 0 Å². The highest BCUT2D eigenvalue weighted by atomic mass is 32.2. The lowest BCUT2D eigenvalue weighted by Gasteiger charge is -2.17. The highest BCUT2D eigenvalue weighted by molar-refractivity contribution is 7.99. The Morgan fingerprint density at radius 1 is 1.26 bits per heavy atom. The van der Waals surface area contributed by atoms with Crippen molar-refractivity contribution in [2.24, 2.45) is 0 Å². The summed E-state index contributed by atoms with van der Waals surface area (Å²) in [6.07, 6.45) is 2.12. The zero-order chi connectivity index (χ0) is 13.2. The molecule has 4 heteroatoms. The average molecular weight is 270 g/mol. The van der Waals surface area contributed by atoms with E-state index in [2.05, 4.69) is 28.2 Å². The molecule has 3 rings (SSSR count). The van der Waals surface area contributed by atoms with Crippen LogP contribution in [0.4, 0.5) is 0 Å². The Kier molecular flexibility index (Phi) is 3.25. The maximum Gasteiger partial charge on any atom is 0.255 e. The maximum atomic E-state index is 11.9. The van der Waals surface area contributed by atoms with Crippen molar-refractivity contribution in [3.63, 3.8) is 0 Å². The largest absolute Gasteiger partial charge is 0.310 e. The van der Waals surface area contributed by atoms with Crippen molar-refractivity contribution in [2.75, 3.05) is 5.75 Å².